The summed E-state index contributed by atoms with van der Waals surface area (Å²) in [5.41, 5.74) is 0. The number of hydrogen-bond donors (Lipinski definition) is 2. The molecule has 1 aromatic carbocycles. The fourth-order valence-corrected chi connectivity index (χ4v) is 2.84. The topological polar surface area (TPSA) is 70.0 Å². The minimum absolute atomic E-state index is 0.0439. The summed E-state index contributed by atoms with van der Waals surface area (Å²) < 4.78 is 5.52. The first-order valence-electron chi connectivity index (χ1n) is 7.47. The van der Waals surface area contributed by atoms with E-state index in [2.05, 4.69) is 11.8 Å². The van der Waals surface area contributed by atoms with Crippen LogP contribution in [0.3, 0.4) is 0 Å². The second-order valence-electron chi connectivity index (χ2n) is 5.50. The molecule has 5 heteroatoms. The van der Waals surface area contributed by atoms with Gasteiger partial charge in [0, 0.05) is 0 Å². The van der Waals surface area contributed by atoms with Gasteiger partial charge in [0.05, 0.1) is 5.92 Å². The third-order valence-corrected chi connectivity index (χ3v) is 4.25. The van der Waals surface area contributed by atoms with Crippen molar-refractivity contribution >= 4 is 5.97 Å². The van der Waals surface area contributed by atoms with Crippen molar-refractivity contribution in [2.24, 2.45) is 11.8 Å². The van der Waals surface area contributed by atoms with Gasteiger partial charge in [-0.05, 0) is 50.5 Å². The molecule has 1 aromatic rings. The predicted molar refractivity (Wildman–Crippen MR) is 79.6 cm³/mol. The van der Waals surface area contributed by atoms with Gasteiger partial charge in [-0.15, -0.1) is 0 Å². The summed E-state index contributed by atoms with van der Waals surface area (Å²) in [6, 6.07) is 6.64. The summed E-state index contributed by atoms with van der Waals surface area (Å²) >= 11 is 0. The van der Waals surface area contributed by atoms with Crippen molar-refractivity contribution in [3.63, 3.8) is 0 Å². The van der Waals surface area contributed by atoms with Gasteiger partial charge in [0.25, 0.3) is 0 Å². The lowest BCUT2D eigenvalue weighted by Gasteiger charge is -2.33. The summed E-state index contributed by atoms with van der Waals surface area (Å²) in [6.45, 7) is 5.13. The van der Waals surface area contributed by atoms with Crippen LogP contribution in [-0.2, 0) is 4.79 Å². The van der Waals surface area contributed by atoms with Crippen molar-refractivity contribution in [2.45, 2.75) is 19.8 Å². The van der Waals surface area contributed by atoms with Gasteiger partial charge in [0.1, 0.15) is 6.61 Å². The van der Waals surface area contributed by atoms with E-state index in [1.165, 1.54) is 6.07 Å². The molecule has 1 atom stereocenters. The van der Waals surface area contributed by atoms with Gasteiger partial charge in [-0.25, -0.2) is 0 Å². The Balaban J connectivity index is 1.94. The van der Waals surface area contributed by atoms with Gasteiger partial charge in [-0.1, -0.05) is 19.1 Å². The van der Waals surface area contributed by atoms with Crippen molar-refractivity contribution < 1.29 is 19.7 Å². The first-order valence-corrected chi connectivity index (χ1v) is 7.47. The number of nitrogens with zero attached hydrogens (tertiary/aromatic N) is 1. The van der Waals surface area contributed by atoms with E-state index in [-0.39, 0.29) is 18.3 Å². The molecular formula is C16H23NO4. The van der Waals surface area contributed by atoms with Gasteiger partial charge in [-0.2, -0.15) is 0 Å². The van der Waals surface area contributed by atoms with E-state index >= 15 is 0 Å². The molecule has 0 aliphatic carbocycles. The lowest BCUT2D eigenvalue weighted by Crippen LogP contribution is -2.39. The Hall–Kier alpha value is -1.75. The Morgan fingerprint density at radius 2 is 2.05 bits per heavy atom. The molecule has 1 heterocycles. The van der Waals surface area contributed by atoms with Crippen LogP contribution in [0.5, 0.6) is 11.5 Å². The molecule has 1 unspecified atom stereocenters. The molecule has 0 aromatic heterocycles. The molecule has 0 bridgehead atoms. The summed E-state index contributed by atoms with van der Waals surface area (Å²) in [5.74, 6) is -0.822. The number of carbonyl (C=O) groups is 1. The SMILES string of the molecule is CCN1CCC(C(COc2ccccc2O)C(=O)O)CC1. The maximum atomic E-state index is 11.5. The third-order valence-electron chi connectivity index (χ3n) is 4.25. The Morgan fingerprint density at radius 1 is 1.38 bits per heavy atom. The monoisotopic (exact) mass is 293 g/mol. The second kappa shape index (κ2) is 7.31. The number of rotatable bonds is 6. The van der Waals surface area contributed by atoms with Gasteiger partial charge < -0.3 is 19.8 Å². The van der Waals surface area contributed by atoms with Crippen LogP contribution in [0.2, 0.25) is 0 Å². The highest BCUT2D eigenvalue weighted by Gasteiger charge is 2.31. The number of ether oxygens (including phenoxy) is 1. The van der Waals surface area contributed by atoms with Crippen molar-refractivity contribution in [1.29, 1.82) is 0 Å². The van der Waals surface area contributed by atoms with E-state index in [1.54, 1.807) is 18.2 Å². The van der Waals surface area contributed by atoms with Gasteiger partial charge in [0.2, 0.25) is 0 Å². The number of carboxylic acid groups (broad SMARTS) is 1. The lowest BCUT2D eigenvalue weighted by molar-refractivity contribution is -0.145. The van der Waals surface area contributed by atoms with E-state index in [1.807, 2.05) is 0 Å². The quantitative estimate of drug-likeness (QED) is 0.841. The lowest BCUT2D eigenvalue weighted by atomic mass is 9.84. The largest absolute Gasteiger partial charge is 0.504 e. The average molecular weight is 293 g/mol. The number of carboxylic acids is 1. The van der Waals surface area contributed by atoms with Crippen molar-refractivity contribution in [1.82, 2.24) is 4.90 Å². The third kappa shape index (κ3) is 4.11. The van der Waals surface area contributed by atoms with Crippen LogP contribution >= 0.6 is 0 Å². The van der Waals surface area contributed by atoms with E-state index < -0.39 is 11.9 Å². The molecule has 1 aliphatic heterocycles. The highest BCUT2D eigenvalue weighted by atomic mass is 16.5. The molecule has 2 N–H and O–H groups in total. The minimum atomic E-state index is -0.819. The summed E-state index contributed by atoms with van der Waals surface area (Å²) in [7, 11) is 0. The fraction of sp³-hybridized carbons (Fsp3) is 0.562. The number of phenolic OH excluding ortho intramolecular Hbond substituents is 1. The maximum Gasteiger partial charge on any atom is 0.310 e. The molecule has 0 saturated carbocycles. The Bertz CT molecular complexity index is 469. The second-order valence-corrected chi connectivity index (χ2v) is 5.50. The summed E-state index contributed by atoms with van der Waals surface area (Å²) in [4.78, 5) is 13.8. The molecule has 2 rings (SSSR count). The number of hydrogen-bond acceptors (Lipinski definition) is 4. The Labute approximate surface area is 125 Å². The van der Waals surface area contributed by atoms with E-state index in [0.717, 1.165) is 32.5 Å². The van der Waals surface area contributed by atoms with E-state index in [4.69, 9.17) is 4.74 Å². The molecule has 1 saturated heterocycles. The summed E-state index contributed by atoms with van der Waals surface area (Å²) in [5, 5.41) is 19.1. The van der Waals surface area contributed by atoms with E-state index in [0.29, 0.717) is 5.75 Å². The average Bonchev–Trinajstić information content (AvgIpc) is 2.49. The molecule has 116 valence electrons. The Morgan fingerprint density at radius 3 is 2.62 bits per heavy atom. The zero-order valence-electron chi connectivity index (χ0n) is 12.4. The van der Waals surface area contributed by atoms with Crippen LogP contribution < -0.4 is 4.74 Å². The molecule has 21 heavy (non-hydrogen) atoms. The Kier molecular flexibility index (Phi) is 5.44. The van der Waals surface area contributed by atoms with Crippen LogP contribution in [0.4, 0.5) is 0 Å². The van der Waals surface area contributed by atoms with Crippen LogP contribution in [0.15, 0.2) is 24.3 Å². The van der Waals surface area contributed by atoms with Crippen LogP contribution in [-0.4, -0.2) is 47.3 Å². The number of aliphatic carboxylic acids is 1. The predicted octanol–water partition coefficient (Wildman–Crippen LogP) is 2.20. The molecule has 0 radical (unpaired) electrons. The maximum absolute atomic E-state index is 11.5. The number of phenols is 1. The number of benzene rings is 1. The normalized spacial score (nSPS) is 18.3. The zero-order chi connectivity index (χ0) is 15.2. The molecule has 1 fully saturated rings. The fourth-order valence-electron chi connectivity index (χ4n) is 2.84. The van der Waals surface area contributed by atoms with Gasteiger partial charge in [-0.3, -0.25) is 4.79 Å². The number of para-hydroxylation sites is 2. The minimum Gasteiger partial charge on any atom is -0.504 e. The highest BCUT2D eigenvalue weighted by Crippen LogP contribution is 2.29. The zero-order valence-corrected chi connectivity index (χ0v) is 12.4. The van der Waals surface area contributed by atoms with Crippen molar-refractivity contribution in [2.75, 3.05) is 26.2 Å². The first-order chi connectivity index (χ1) is 10.1. The highest BCUT2D eigenvalue weighted by molar-refractivity contribution is 5.70. The van der Waals surface area contributed by atoms with Crippen LogP contribution in [0.25, 0.3) is 0 Å². The number of likely N-dealkylation sites (tertiary alicyclic amines) is 1. The smallest absolute Gasteiger partial charge is 0.310 e. The number of aromatic hydroxyl groups is 1. The van der Waals surface area contributed by atoms with Crippen molar-refractivity contribution in [3.05, 3.63) is 24.3 Å². The number of piperidine rings is 1. The molecule has 5 nitrogen and oxygen atoms in total. The van der Waals surface area contributed by atoms with E-state index in [9.17, 15) is 15.0 Å². The molecule has 0 amide bonds. The van der Waals surface area contributed by atoms with Crippen LogP contribution in [0.1, 0.15) is 19.8 Å². The van der Waals surface area contributed by atoms with Crippen LogP contribution in [0, 0.1) is 11.8 Å². The standard InChI is InChI=1S/C16H23NO4/c1-2-17-9-7-12(8-10-17)13(16(19)20)11-21-15-6-4-3-5-14(15)18/h3-6,12-13,18H,2,7-11H2,1H3,(H,19,20). The van der Waals surface area contributed by atoms with Gasteiger partial charge in [0.15, 0.2) is 11.5 Å². The van der Waals surface area contributed by atoms with Gasteiger partial charge >= 0.3 is 5.97 Å². The molecule has 1 aliphatic rings. The molecule has 0 spiro atoms. The first kappa shape index (κ1) is 15.6. The summed E-state index contributed by atoms with van der Waals surface area (Å²) in [6.07, 6.45) is 1.77. The van der Waals surface area contributed by atoms with Crippen molar-refractivity contribution in [3.8, 4) is 11.5 Å². The molecular weight excluding hydrogens is 270 g/mol.